The number of anilines is 1. The van der Waals surface area contributed by atoms with Gasteiger partial charge in [-0.1, -0.05) is 34.8 Å². The summed E-state index contributed by atoms with van der Waals surface area (Å²) in [4.78, 5) is 17.0. The van der Waals surface area contributed by atoms with Gasteiger partial charge in [-0.3, -0.25) is 4.79 Å². The van der Waals surface area contributed by atoms with Crippen LogP contribution < -0.4 is 5.32 Å². The van der Waals surface area contributed by atoms with Crippen molar-refractivity contribution in [3.05, 3.63) is 78.8 Å². The molecular weight excluding hydrogens is 533 g/mol. The lowest BCUT2D eigenvalue weighted by Crippen LogP contribution is -2.12. The van der Waals surface area contributed by atoms with Gasteiger partial charge in [0.1, 0.15) is 5.52 Å². The Morgan fingerprint density at radius 1 is 0.964 bits per heavy atom. The van der Waals surface area contributed by atoms with Crippen molar-refractivity contribution >= 4 is 80.1 Å². The molecule has 0 aliphatic carbocycles. The minimum atomic E-state index is -0.365. The molecule has 4 nitrogen and oxygen atoms in total. The topological polar surface area (TPSA) is 55.1 Å². The highest BCUT2D eigenvalue weighted by atomic mass is 127. The quantitative estimate of drug-likeness (QED) is 0.276. The third-order valence-corrected chi connectivity index (χ3v) is 5.54. The van der Waals surface area contributed by atoms with Crippen molar-refractivity contribution < 1.29 is 9.21 Å². The summed E-state index contributed by atoms with van der Waals surface area (Å²) < 4.78 is 6.84. The fourth-order valence-corrected chi connectivity index (χ4v) is 3.72. The first-order valence-electron chi connectivity index (χ1n) is 8.03. The van der Waals surface area contributed by atoms with E-state index in [4.69, 9.17) is 39.2 Å². The number of fused-ring (bicyclic) bond motifs is 1. The van der Waals surface area contributed by atoms with Crippen molar-refractivity contribution in [2.45, 2.75) is 0 Å². The average Bonchev–Trinajstić information content (AvgIpc) is 3.08. The van der Waals surface area contributed by atoms with Crippen molar-refractivity contribution in [1.82, 2.24) is 4.98 Å². The number of hydrogen-bond acceptors (Lipinski definition) is 3. The van der Waals surface area contributed by atoms with Gasteiger partial charge in [0.2, 0.25) is 5.89 Å². The molecule has 1 heterocycles. The Kier molecular flexibility index (Phi) is 5.51. The summed E-state index contributed by atoms with van der Waals surface area (Å²) >= 11 is 20.5. The number of amides is 1. The second-order valence-electron chi connectivity index (χ2n) is 5.90. The van der Waals surface area contributed by atoms with Gasteiger partial charge in [0.15, 0.2) is 5.58 Å². The second-order valence-corrected chi connectivity index (χ2v) is 8.40. The van der Waals surface area contributed by atoms with E-state index in [0.29, 0.717) is 48.9 Å². The van der Waals surface area contributed by atoms with Gasteiger partial charge >= 0.3 is 0 Å². The van der Waals surface area contributed by atoms with Crippen molar-refractivity contribution in [1.29, 1.82) is 0 Å². The molecule has 0 fully saturated rings. The zero-order valence-corrected chi connectivity index (χ0v) is 18.4. The van der Waals surface area contributed by atoms with Crippen LogP contribution in [0.3, 0.4) is 0 Å². The van der Waals surface area contributed by atoms with Gasteiger partial charge in [-0.25, -0.2) is 4.98 Å². The maximum absolute atomic E-state index is 12.5. The molecule has 1 N–H and O–H groups in total. The maximum atomic E-state index is 12.5. The van der Waals surface area contributed by atoms with E-state index in [-0.39, 0.29) is 5.91 Å². The lowest BCUT2D eigenvalue weighted by Gasteiger charge is -2.07. The largest absolute Gasteiger partial charge is 0.436 e. The standard InChI is InChI=1S/C20H10Cl3IN2O2/c21-10-1-4-15(22)13(7-10)19(27)25-12-3-6-18-17(9-12)26-20(28-18)14-8-11(24)2-5-16(14)23/h1-9H,(H,25,27). The van der Waals surface area contributed by atoms with Crippen LogP contribution >= 0.6 is 57.4 Å². The summed E-state index contributed by atoms with van der Waals surface area (Å²) in [6.45, 7) is 0. The van der Waals surface area contributed by atoms with Crippen LogP contribution in [0.15, 0.2) is 59.0 Å². The van der Waals surface area contributed by atoms with E-state index >= 15 is 0 Å². The van der Waals surface area contributed by atoms with E-state index in [1.54, 1.807) is 36.4 Å². The molecule has 4 rings (SSSR count). The lowest BCUT2D eigenvalue weighted by molar-refractivity contribution is 0.102. The van der Waals surface area contributed by atoms with Crippen molar-refractivity contribution in [3.8, 4) is 11.5 Å². The number of hydrogen-bond donors (Lipinski definition) is 1. The van der Waals surface area contributed by atoms with Gasteiger partial charge in [0.05, 0.1) is 21.2 Å². The number of carbonyl (C=O) groups is 1. The van der Waals surface area contributed by atoms with E-state index in [0.717, 1.165) is 3.57 Å². The highest BCUT2D eigenvalue weighted by Gasteiger charge is 2.15. The zero-order chi connectivity index (χ0) is 19.8. The van der Waals surface area contributed by atoms with Gasteiger partial charge in [-0.2, -0.15) is 0 Å². The van der Waals surface area contributed by atoms with Crippen LogP contribution in [0, 0.1) is 3.57 Å². The van der Waals surface area contributed by atoms with Crippen molar-refractivity contribution in [3.63, 3.8) is 0 Å². The summed E-state index contributed by atoms with van der Waals surface area (Å²) in [6, 6.07) is 15.5. The second kappa shape index (κ2) is 7.91. The van der Waals surface area contributed by atoms with Crippen LogP contribution in [0.1, 0.15) is 10.4 Å². The number of oxazole rings is 1. The highest BCUT2D eigenvalue weighted by Crippen LogP contribution is 2.32. The van der Waals surface area contributed by atoms with E-state index in [1.807, 2.05) is 12.1 Å². The number of nitrogens with zero attached hydrogens (tertiary/aromatic N) is 1. The van der Waals surface area contributed by atoms with Crippen LogP contribution in [0.5, 0.6) is 0 Å². The lowest BCUT2D eigenvalue weighted by atomic mass is 10.2. The maximum Gasteiger partial charge on any atom is 0.257 e. The first kappa shape index (κ1) is 19.5. The molecule has 0 saturated carbocycles. The van der Waals surface area contributed by atoms with Crippen LogP contribution in [0.4, 0.5) is 5.69 Å². The Morgan fingerprint density at radius 2 is 1.75 bits per heavy atom. The van der Waals surface area contributed by atoms with E-state index in [2.05, 4.69) is 32.9 Å². The first-order chi connectivity index (χ1) is 13.4. The summed E-state index contributed by atoms with van der Waals surface area (Å²) in [5, 5.41) is 4.10. The molecule has 0 radical (unpaired) electrons. The molecule has 4 aromatic rings. The Hall–Kier alpha value is -1.80. The van der Waals surface area contributed by atoms with Crippen LogP contribution in [0.2, 0.25) is 15.1 Å². The minimum absolute atomic E-state index is 0.292. The van der Waals surface area contributed by atoms with E-state index in [9.17, 15) is 4.79 Å². The fourth-order valence-electron chi connectivity index (χ4n) is 2.65. The molecule has 0 spiro atoms. The molecule has 0 atom stereocenters. The summed E-state index contributed by atoms with van der Waals surface area (Å²) in [7, 11) is 0. The molecule has 0 unspecified atom stereocenters. The normalized spacial score (nSPS) is 11.0. The van der Waals surface area contributed by atoms with E-state index < -0.39 is 0 Å². The highest BCUT2D eigenvalue weighted by molar-refractivity contribution is 14.1. The molecule has 0 aliphatic heterocycles. The molecule has 0 aliphatic rings. The third kappa shape index (κ3) is 3.98. The molecule has 0 saturated heterocycles. The van der Waals surface area contributed by atoms with Gasteiger partial charge in [0, 0.05) is 14.3 Å². The summed E-state index contributed by atoms with van der Waals surface area (Å²) in [5.74, 6) is 0.0519. The minimum Gasteiger partial charge on any atom is -0.436 e. The Balaban J connectivity index is 1.66. The Labute approximate surface area is 188 Å². The number of rotatable bonds is 3. The van der Waals surface area contributed by atoms with Gasteiger partial charge in [0.25, 0.3) is 5.91 Å². The fraction of sp³-hybridized carbons (Fsp3) is 0. The third-order valence-electron chi connectivity index (χ3n) is 3.98. The molecule has 3 aromatic carbocycles. The molecular formula is C20H10Cl3IN2O2. The molecule has 1 amide bonds. The molecule has 28 heavy (non-hydrogen) atoms. The predicted octanol–water partition coefficient (Wildman–Crippen LogP) is 7.31. The number of carbonyl (C=O) groups excluding carboxylic acids is 1. The van der Waals surface area contributed by atoms with Crippen LogP contribution in [-0.4, -0.2) is 10.9 Å². The molecule has 1 aromatic heterocycles. The predicted molar refractivity (Wildman–Crippen MR) is 122 cm³/mol. The first-order valence-corrected chi connectivity index (χ1v) is 10.2. The number of halogens is 4. The van der Waals surface area contributed by atoms with Crippen LogP contribution in [-0.2, 0) is 0 Å². The zero-order valence-electron chi connectivity index (χ0n) is 14.0. The SMILES string of the molecule is O=C(Nc1ccc2oc(-c3cc(I)ccc3Cl)nc2c1)c1cc(Cl)ccc1Cl. The van der Waals surface area contributed by atoms with Crippen LogP contribution in [0.25, 0.3) is 22.6 Å². The number of benzene rings is 3. The monoisotopic (exact) mass is 542 g/mol. The summed E-state index contributed by atoms with van der Waals surface area (Å²) in [5.41, 5.74) is 2.74. The number of aromatic nitrogens is 1. The van der Waals surface area contributed by atoms with Gasteiger partial charge in [-0.15, -0.1) is 0 Å². The Bertz CT molecular complexity index is 1220. The number of nitrogens with one attached hydrogen (secondary N) is 1. The molecule has 8 heteroatoms. The molecule has 140 valence electrons. The molecule has 0 bridgehead atoms. The smallest absolute Gasteiger partial charge is 0.257 e. The van der Waals surface area contributed by atoms with E-state index in [1.165, 1.54) is 6.07 Å². The van der Waals surface area contributed by atoms with Crippen molar-refractivity contribution in [2.75, 3.05) is 5.32 Å². The Morgan fingerprint density at radius 3 is 2.57 bits per heavy atom. The summed E-state index contributed by atoms with van der Waals surface area (Å²) in [6.07, 6.45) is 0. The van der Waals surface area contributed by atoms with Gasteiger partial charge < -0.3 is 9.73 Å². The average molecular weight is 544 g/mol. The van der Waals surface area contributed by atoms with Gasteiger partial charge in [-0.05, 0) is 77.2 Å². The van der Waals surface area contributed by atoms with Crippen molar-refractivity contribution in [2.24, 2.45) is 0 Å².